The van der Waals surface area contributed by atoms with Crippen LogP contribution in [0, 0.1) is 25.2 Å². The van der Waals surface area contributed by atoms with Gasteiger partial charge in [0.25, 0.3) is 0 Å². The van der Waals surface area contributed by atoms with E-state index in [0.29, 0.717) is 17.2 Å². The molecule has 2 aromatic heterocycles. The van der Waals surface area contributed by atoms with Crippen molar-refractivity contribution < 1.29 is 4.74 Å². The highest BCUT2D eigenvalue weighted by Gasteiger charge is 2.13. The molecule has 0 unspecified atom stereocenters. The van der Waals surface area contributed by atoms with E-state index >= 15 is 0 Å². The summed E-state index contributed by atoms with van der Waals surface area (Å²) in [5.74, 6) is 1.14. The van der Waals surface area contributed by atoms with Gasteiger partial charge in [0.1, 0.15) is 16.9 Å². The Morgan fingerprint density at radius 2 is 2.10 bits per heavy atom. The molecule has 0 atom stereocenters. The van der Waals surface area contributed by atoms with Gasteiger partial charge < -0.3 is 4.74 Å². The molecule has 1 aromatic carbocycles. The molecule has 20 heavy (non-hydrogen) atoms. The molecule has 0 N–H and O–H groups in total. The van der Waals surface area contributed by atoms with E-state index in [1.807, 2.05) is 13.0 Å². The van der Waals surface area contributed by atoms with Crippen LogP contribution in [0.5, 0.6) is 11.6 Å². The number of hydrogen-bond donors (Lipinski definition) is 0. The van der Waals surface area contributed by atoms with Crippen LogP contribution in [0.2, 0.25) is 0 Å². The van der Waals surface area contributed by atoms with Crippen LogP contribution in [0.4, 0.5) is 0 Å². The Labute approximate surface area is 120 Å². The van der Waals surface area contributed by atoms with Crippen molar-refractivity contribution in [3.63, 3.8) is 0 Å². The van der Waals surface area contributed by atoms with Gasteiger partial charge in [-0.05, 0) is 37.6 Å². The number of rotatable bonds is 2. The number of thiophene rings is 1. The van der Waals surface area contributed by atoms with Gasteiger partial charge in [0.2, 0.25) is 5.88 Å². The van der Waals surface area contributed by atoms with E-state index in [4.69, 9.17) is 10.00 Å². The highest BCUT2D eigenvalue weighted by atomic mass is 32.1. The average Bonchev–Trinajstić information content (AvgIpc) is 2.75. The van der Waals surface area contributed by atoms with Gasteiger partial charge in [0.05, 0.1) is 17.0 Å². The summed E-state index contributed by atoms with van der Waals surface area (Å²) in [7, 11) is 0. The fourth-order valence-electron chi connectivity index (χ4n) is 1.97. The lowest BCUT2D eigenvalue weighted by molar-refractivity contribution is 0.468. The van der Waals surface area contributed by atoms with Gasteiger partial charge >= 0.3 is 0 Å². The maximum absolute atomic E-state index is 8.92. The van der Waals surface area contributed by atoms with Crippen LogP contribution in [0.1, 0.15) is 16.0 Å². The highest BCUT2D eigenvalue weighted by Crippen LogP contribution is 2.35. The Bertz CT molecular complexity index is 833. The van der Waals surface area contributed by atoms with Gasteiger partial charge in [0, 0.05) is 4.88 Å². The molecule has 3 aromatic rings. The number of hydrogen-bond acceptors (Lipinski definition) is 5. The van der Waals surface area contributed by atoms with Gasteiger partial charge in [-0.2, -0.15) is 5.26 Å². The van der Waals surface area contributed by atoms with Crippen LogP contribution >= 0.6 is 11.3 Å². The van der Waals surface area contributed by atoms with Crippen LogP contribution < -0.4 is 4.74 Å². The van der Waals surface area contributed by atoms with Crippen molar-refractivity contribution in [2.45, 2.75) is 13.8 Å². The number of nitriles is 1. The van der Waals surface area contributed by atoms with Crippen molar-refractivity contribution in [2.24, 2.45) is 0 Å². The first-order valence-electron chi connectivity index (χ1n) is 6.08. The molecule has 0 bridgehead atoms. The van der Waals surface area contributed by atoms with E-state index in [0.717, 1.165) is 15.8 Å². The van der Waals surface area contributed by atoms with Crippen LogP contribution in [-0.2, 0) is 0 Å². The van der Waals surface area contributed by atoms with E-state index in [2.05, 4.69) is 23.0 Å². The summed E-state index contributed by atoms with van der Waals surface area (Å²) in [5, 5.41) is 9.86. The van der Waals surface area contributed by atoms with Crippen LogP contribution in [0.25, 0.3) is 10.2 Å². The predicted molar refractivity (Wildman–Crippen MR) is 78.1 cm³/mol. The Hall–Kier alpha value is -2.45. The van der Waals surface area contributed by atoms with Crippen molar-refractivity contribution in [3.05, 3.63) is 46.6 Å². The molecule has 0 aliphatic carbocycles. The lowest BCUT2D eigenvalue weighted by Gasteiger charge is -2.06. The molecule has 5 heteroatoms. The molecular formula is C15H11N3OS. The number of benzene rings is 1. The van der Waals surface area contributed by atoms with E-state index in [1.54, 1.807) is 29.5 Å². The van der Waals surface area contributed by atoms with E-state index in [1.165, 1.54) is 11.2 Å². The van der Waals surface area contributed by atoms with Crippen molar-refractivity contribution in [1.29, 1.82) is 5.26 Å². The summed E-state index contributed by atoms with van der Waals surface area (Å²) in [6.45, 7) is 4.10. The summed E-state index contributed by atoms with van der Waals surface area (Å²) < 4.78 is 5.83. The van der Waals surface area contributed by atoms with Gasteiger partial charge in [-0.15, -0.1) is 11.3 Å². The summed E-state index contributed by atoms with van der Waals surface area (Å²) in [5.41, 5.74) is 1.70. The highest BCUT2D eigenvalue weighted by molar-refractivity contribution is 7.18. The Kier molecular flexibility index (Phi) is 3.09. The molecule has 0 spiro atoms. The lowest BCUT2D eigenvalue weighted by Crippen LogP contribution is -1.91. The number of aromatic nitrogens is 2. The quantitative estimate of drug-likeness (QED) is 0.713. The van der Waals surface area contributed by atoms with Crippen molar-refractivity contribution >= 4 is 21.6 Å². The van der Waals surface area contributed by atoms with E-state index in [-0.39, 0.29) is 0 Å². The van der Waals surface area contributed by atoms with E-state index in [9.17, 15) is 0 Å². The zero-order valence-corrected chi connectivity index (χ0v) is 11.9. The third-order valence-electron chi connectivity index (χ3n) is 3.11. The SMILES string of the molecule is Cc1sc2ncnc(Oc3cccc(C#N)c3)c2c1C. The topological polar surface area (TPSA) is 58.8 Å². The first kappa shape index (κ1) is 12.6. The Morgan fingerprint density at radius 3 is 2.90 bits per heavy atom. The second-order valence-electron chi connectivity index (χ2n) is 4.38. The first-order chi connectivity index (χ1) is 9.69. The molecule has 0 aliphatic heterocycles. The summed E-state index contributed by atoms with van der Waals surface area (Å²) in [6.07, 6.45) is 1.50. The molecular weight excluding hydrogens is 270 g/mol. The smallest absolute Gasteiger partial charge is 0.231 e. The minimum absolute atomic E-state index is 0.534. The van der Waals surface area contributed by atoms with Gasteiger partial charge in [-0.3, -0.25) is 0 Å². The molecule has 4 nitrogen and oxygen atoms in total. The number of nitrogens with zero attached hydrogens (tertiary/aromatic N) is 3. The fourth-order valence-corrected chi connectivity index (χ4v) is 2.96. The normalized spacial score (nSPS) is 10.4. The molecule has 0 saturated heterocycles. The molecule has 0 fully saturated rings. The Balaban J connectivity index is 2.09. The lowest BCUT2D eigenvalue weighted by atomic mass is 10.2. The number of aryl methyl sites for hydroxylation is 2. The molecule has 98 valence electrons. The van der Waals surface area contributed by atoms with Gasteiger partial charge in [-0.1, -0.05) is 6.07 Å². The molecule has 3 rings (SSSR count). The predicted octanol–water partition coefficient (Wildman–Crippen LogP) is 3.97. The minimum Gasteiger partial charge on any atom is -0.438 e. The number of fused-ring (bicyclic) bond motifs is 1. The largest absolute Gasteiger partial charge is 0.438 e. The average molecular weight is 281 g/mol. The van der Waals surface area contributed by atoms with Crippen molar-refractivity contribution in [1.82, 2.24) is 9.97 Å². The minimum atomic E-state index is 0.534. The first-order valence-corrected chi connectivity index (χ1v) is 6.89. The second kappa shape index (κ2) is 4.91. The maximum atomic E-state index is 8.92. The zero-order chi connectivity index (χ0) is 14.1. The summed E-state index contributed by atoms with van der Waals surface area (Å²) >= 11 is 1.63. The van der Waals surface area contributed by atoms with Crippen molar-refractivity contribution in [3.8, 4) is 17.7 Å². The summed E-state index contributed by atoms with van der Waals surface area (Å²) in [6, 6.07) is 9.13. The fraction of sp³-hybridized carbons (Fsp3) is 0.133. The van der Waals surface area contributed by atoms with Crippen molar-refractivity contribution in [2.75, 3.05) is 0 Å². The third-order valence-corrected chi connectivity index (χ3v) is 4.22. The molecule has 0 aliphatic rings. The molecule has 0 amide bonds. The monoisotopic (exact) mass is 281 g/mol. The Morgan fingerprint density at radius 1 is 1.25 bits per heavy atom. The molecule has 0 radical (unpaired) electrons. The van der Waals surface area contributed by atoms with E-state index < -0.39 is 0 Å². The van der Waals surface area contributed by atoms with Gasteiger partial charge in [0.15, 0.2) is 0 Å². The second-order valence-corrected chi connectivity index (χ2v) is 5.59. The summed E-state index contributed by atoms with van der Waals surface area (Å²) in [4.78, 5) is 10.6. The maximum Gasteiger partial charge on any atom is 0.231 e. The standard InChI is InChI=1S/C15H11N3OS/c1-9-10(2)20-15-13(9)14(17-8-18-15)19-12-5-3-4-11(6-12)7-16/h3-6,8H,1-2H3. The van der Waals surface area contributed by atoms with Crippen LogP contribution in [0.15, 0.2) is 30.6 Å². The number of ether oxygens (including phenoxy) is 1. The zero-order valence-electron chi connectivity index (χ0n) is 11.0. The molecule has 0 saturated carbocycles. The van der Waals surface area contributed by atoms with Gasteiger partial charge in [-0.25, -0.2) is 9.97 Å². The third kappa shape index (κ3) is 2.10. The molecule has 2 heterocycles. The van der Waals surface area contributed by atoms with Crippen LogP contribution in [-0.4, -0.2) is 9.97 Å². The van der Waals surface area contributed by atoms with Crippen LogP contribution in [0.3, 0.4) is 0 Å².